The average Bonchev–Trinajstić information content (AvgIpc) is 2.65. The summed E-state index contributed by atoms with van der Waals surface area (Å²) in [6.07, 6.45) is 1.03. The highest BCUT2D eigenvalue weighted by atomic mass is 16.5. The van der Waals surface area contributed by atoms with Crippen LogP contribution in [0.3, 0.4) is 0 Å². The van der Waals surface area contributed by atoms with Crippen LogP contribution in [0, 0.1) is 5.92 Å². The number of likely N-dealkylation sites (N-methyl/N-ethyl adjacent to an activating group) is 1. The number of carbonyl (C=O) groups excluding carboxylic acids is 1. The highest BCUT2D eigenvalue weighted by Crippen LogP contribution is 2.33. The monoisotopic (exact) mass is 262 g/mol. The molecule has 0 saturated carbocycles. The zero-order chi connectivity index (χ0) is 13.8. The number of hydrogen-bond donors (Lipinski definition) is 2. The van der Waals surface area contributed by atoms with E-state index in [0.29, 0.717) is 12.5 Å². The molecule has 1 aliphatic rings. The van der Waals surface area contributed by atoms with Crippen LogP contribution in [-0.4, -0.2) is 19.1 Å². The van der Waals surface area contributed by atoms with Crippen LogP contribution in [0.5, 0.6) is 5.75 Å². The third kappa shape index (κ3) is 3.26. The maximum Gasteiger partial charge on any atom is 0.246 e. The normalized spacial score (nSPS) is 17.5. The molecule has 1 aliphatic heterocycles. The zero-order valence-corrected chi connectivity index (χ0v) is 11.8. The molecule has 19 heavy (non-hydrogen) atoms. The summed E-state index contributed by atoms with van der Waals surface area (Å²) in [7, 11) is 0. The lowest BCUT2D eigenvalue weighted by Gasteiger charge is -2.11. The van der Waals surface area contributed by atoms with Crippen molar-refractivity contribution >= 4 is 11.6 Å². The Morgan fingerprint density at radius 1 is 1.42 bits per heavy atom. The van der Waals surface area contributed by atoms with E-state index >= 15 is 0 Å². The molecule has 1 unspecified atom stereocenters. The quantitative estimate of drug-likeness (QED) is 0.828. The first-order valence-electron chi connectivity index (χ1n) is 6.92. The van der Waals surface area contributed by atoms with Crippen molar-refractivity contribution in [3.8, 4) is 5.75 Å². The summed E-state index contributed by atoms with van der Waals surface area (Å²) in [6.45, 7) is 7.82. The number of rotatable bonds is 6. The van der Waals surface area contributed by atoms with Gasteiger partial charge in [0.15, 0.2) is 0 Å². The van der Waals surface area contributed by atoms with Crippen molar-refractivity contribution in [3.63, 3.8) is 0 Å². The average molecular weight is 262 g/mol. The van der Waals surface area contributed by atoms with Crippen molar-refractivity contribution in [3.05, 3.63) is 23.8 Å². The Bertz CT molecular complexity index is 457. The number of ether oxygens (including phenoxy) is 1. The minimum Gasteiger partial charge on any atom is -0.494 e. The smallest absolute Gasteiger partial charge is 0.246 e. The lowest BCUT2D eigenvalue weighted by molar-refractivity contribution is -0.117. The molecule has 1 atom stereocenters. The topological polar surface area (TPSA) is 50.4 Å². The standard InChI is InChI=1S/C15H22N2O2/c1-4-16-14-12-6-5-11(19-8-7-10(2)3)9-13(12)17-15(14)18/h5-6,9-10,14,16H,4,7-8H2,1-3H3,(H,17,18). The van der Waals surface area contributed by atoms with E-state index in [1.54, 1.807) is 0 Å². The summed E-state index contributed by atoms with van der Waals surface area (Å²) in [5, 5.41) is 6.07. The van der Waals surface area contributed by atoms with Crippen molar-refractivity contribution in [1.82, 2.24) is 5.32 Å². The molecular formula is C15H22N2O2. The molecule has 0 bridgehead atoms. The largest absolute Gasteiger partial charge is 0.494 e. The van der Waals surface area contributed by atoms with Gasteiger partial charge in [0.25, 0.3) is 0 Å². The number of nitrogens with one attached hydrogen (secondary N) is 2. The van der Waals surface area contributed by atoms with Gasteiger partial charge in [-0.05, 0) is 24.9 Å². The van der Waals surface area contributed by atoms with Gasteiger partial charge in [-0.25, -0.2) is 0 Å². The van der Waals surface area contributed by atoms with Gasteiger partial charge in [-0.15, -0.1) is 0 Å². The van der Waals surface area contributed by atoms with E-state index in [4.69, 9.17) is 4.74 Å². The lowest BCUT2D eigenvalue weighted by Crippen LogP contribution is -2.27. The molecule has 0 aromatic heterocycles. The molecule has 1 heterocycles. The minimum absolute atomic E-state index is 0.0104. The third-order valence-corrected chi connectivity index (χ3v) is 3.23. The summed E-state index contributed by atoms with van der Waals surface area (Å²) in [5.41, 5.74) is 1.86. The molecule has 2 rings (SSSR count). The second-order valence-electron chi connectivity index (χ2n) is 5.26. The van der Waals surface area contributed by atoms with E-state index in [2.05, 4.69) is 24.5 Å². The van der Waals surface area contributed by atoms with E-state index in [1.807, 2.05) is 25.1 Å². The second-order valence-corrected chi connectivity index (χ2v) is 5.26. The van der Waals surface area contributed by atoms with Crippen LogP contribution in [0.2, 0.25) is 0 Å². The highest BCUT2D eigenvalue weighted by Gasteiger charge is 2.29. The van der Waals surface area contributed by atoms with E-state index in [9.17, 15) is 4.79 Å². The van der Waals surface area contributed by atoms with E-state index in [0.717, 1.165) is 30.0 Å². The van der Waals surface area contributed by atoms with Crippen molar-refractivity contribution in [2.75, 3.05) is 18.5 Å². The van der Waals surface area contributed by atoms with Gasteiger partial charge in [0.1, 0.15) is 11.8 Å². The first-order chi connectivity index (χ1) is 9.11. The molecule has 1 aromatic rings. The fourth-order valence-electron chi connectivity index (χ4n) is 2.15. The van der Waals surface area contributed by atoms with Crippen LogP contribution in [-0.2, 0) is 4.79 Å². The van der Waals surface area contributed by atoms with Crippen molar-refractivity contribution < 1.29 is 9.53 Å². The number of amides is 1. The predicted octanol–water partition coefficient (Wildman–Crippen LogP) is 2.71. The van der Waals surface area contributed by atoms with E-state index < -0.39 is 0 Å². The predicted molar refractivity (Wildman–Crippen MR) is 76.4 cm³/mol. The number of fused-ring (bicyclic) bond motifs is 1. The summed E-state index contributed by atoms with van der Waals surface area (Å²) in [4.78, 5) is 11.8. The third-order valence-electron chi connectivity index (χ3n) is 3.23. The van der Waals surface area contributed by atoms with Crippen LogP contribution in [0.4, 0.5) is 5.69 Å². The molecule has 4 heteroatoms. The van der Waals surface area contributed by atoms with Gasteiger partial charge < -0.3 is 15.4 Å². The van der Waals surface area contributed by atoms with Gasteiger partial charge in [0, 0.05) is 17.3 Å². The molecule has 1 amide bonds. The Morgan fingerprint density at radius 2 is 2.21 bits per heavy atom. The lowest BCUT2D eigenvalue weighted by atomic mass is 10.1. The van der Waals surface area contributed by atoms with Gasteiger partial charge >= 0.3 is 0 Å². The molecule has 0 spiro atoms. The zero-order valence-electron chi connectivity index (χ0n) is 11.8. The number of anilines is 1. The van der Waals surface area contributed by atoms with Crippen LogP contribution in [0.25, 0.3) is 0 Å². The van der Waals surface area contributed by atoms with Crippen LogP contribution < -0.4 is 15.4 Å². The summed E-state index contributed by atoms with van der Waals surface area (Å²) in [5.74, 6) is 1.46. The van der Waals surface area contributed by atoms with Crippen LogP contribution in [0.15, 0.2) is 18.2 Å². The Morgan fingerprint density at radius 3 is 2.89 bits per heavy atom. The molecule has 4 nitrogen and oxygen atoms in total. The Labute approximate surface area is 114 Å². The van der Waals surface area contributed by atoms with Crippen molar-refractivity contribution in [1.29, 1.82) is 0 Å². The molecule has 0 aliphatic carbocycles. The molecule has 0 radical (unpaired) electrons. The Balaban J connectivity index is 2.05. The van der Waals surface area contributed by atoms with E-state index in [1.165, 1.54) is 0 Å². The summed E-state index contributed by atoms with van der Waals surface area (Å²) in [6, 6.07) is 5.57. The van der Waals surface area contributed by atoms with Gasteiger partial charge in [-0.2, -0.15) is 0 Å². The van der Waals surface area contributed by atoms with E-state index in [-0.39, 0.29) is 11.9 Å². The highest BCUT2D eigenvalue weighted by molar-refractivity contribution is 6.02. The summed E-state index contributed by atoms with van der Waals surface area (Å²) < 4.78 is 5.70. The number of benzene rings is 1. The number of carbonyl (C=O) groups is 1. The SMILES string of the molecule is CCNC1C(=O)Nc2cc(OCCC(C)C)ccc21. The molecule has 104 valence electrons. The van der Waals surface area contributed by atoms with Crippen LogP contribution >= 0.6 is 0 Å². The van der Waals surface area contributed by atoms with Crippen molar-refractivity contribution in [2.24, 2.45) is 5.92 Å². The first-order valence-corrected chi connectivity index (χ1v) is 6.92. The maximum atomic E-state index is 11.8. The fourth-order valence-corrected chi connectivity index (χ4v) is 2.15. The first kappa shape index (κ1) is 13.9. The minimum atomic E-state index is -0.232. The van der Waals surface area contributed by atoms with Gasteiger partial charge in [0.05, 0.1) is 6.61 Å². The fraction of sp³-hybridized carbons (Fsp3) is 0.533. The molecule has 1 aromatic carbocycles. The molecule has 0 saturated heterocycles. The molecule has 2 N–H and O–H groups in total. The maximum absolute atomic E-state index is 11.8. The second kappa shape index (κ2) is 6.06. The van der Waals surface area contributed by atoms with Gasteiger partial charge in [0.2, 0.25) is 5.91 Å². The van der Waals surface area contributed by atoms with Gasteiger partial charge in [-0.1, -0.05) is 26.8 Å². The molecule has 0 fully saturated rings. The molecular weight excluding hydrogens is 240 g/mol. The summed E-state index contributed by atoms with van der Waals surface area (Å²) >= 11 is 0. The van der Waals surface area contributed by atoms with Crippen molar-refractivity contribution in [2.45, 2.75) is 33.2 Å². The Kier molecular flexibility index (Phi) is 4.43. The van der Waals surface area contributed by atoms with Gasteiger partial charge in [-0.3, -0.25) is 4.79 Å². The Hall–Kier alpha value is -1.55. The van der Waals surface area contributed by atoms with Crippen LogP contribution in [0.1, 0.15) is 38.8 Å². The number of hydrogen-bond acceptors (Lipinski definition) is 3.